The van der Waals surface area contributed by atoms with E-state index in [0.717, 1.165) is 98.8 Å². The van der Waals surface area contributed by atoms with Crippen LogP contribution in [0.2, 0.25) is 0 Å². The molecule has 3 fully saturated rings. The average Bonchev–Trinajstić information content (AvgIpc) is 0.466. The maximum Gasteiger partial charge on any atom is 0.416 e. The molecule has 0 atom stereocenters. The molecule has 3 saturated heterocycles. The molecule has 107 heavy (non-hydrogen) atoms. The fraction of sp³-hybridized carbons (Fsp3) is 0.400. The highest BCUT2D eigenvalue weighted by atomic mass is 19.4. The highest BCUT2D eigenvalue weighted by molar-refractivity contribution is 6.06. The normalized spacial score (nSPS) is 14.2. The number of pyridine rings is 3. The minimum Gasteiger partial charge on any atom is -0.444 e. The molecule has 3 aromatic heterocycles. The van der Waals surface area contributed by atoms with Gasteiger partial charge in [0.25, 0.3) is 28.5 Å². The summed E-state index contributed by atoms with van der Waals surface area (Å²) >= 11 is 0. The van der Waals surface area contributed by atoms with Crippen LogP contribution in [-0.4, -0.2) is 116 Å². The van der Waals surface area contributed by atoms with E-state index in [1.807, 2.05) is 73.2 Å². The summed E-state index contributed by atoms with van der Waals surface area (Å²) in [5.74, 6) is -1.45. The number of alkyl carbamates (subject to hydrolysis) is 1. The number of amides is 3. The number of nitrogen functional groups attached to an aromatic ring is 1. The van der Waals surface area contributed by atoms with Crippen molar-refractivity contribution < 1.29 is 59.7 Å². The van der Waals surface area contributed by atoms with Crippen LogP contribution in [-0.2, 0) is 63.5 Å². The van der Waals surface area contributed by atoms with Gasteiger partial charge < -0.3 is 74.8 Å². The Kier molecular flexibility index (Phi) is 26.8. The lowest BCUT2D eigenvalue weighted by Crippen LogP contribution is -2.44. The highest BCUT2D eigenvalue weighted by Crippen LogP contribution is 2.38. The molecule has 5 aromatic carbocycles. The third-order valence-corrected chi connectivity index (χ3v) is 18.1. The minimum absolute atomic E-state index is 0. The van der Waals surface area contributed by atoms with Crippen molar-refractivity contribution in [3.05, 3.63) is 209 Å². The molecule has 0 spiro atoms. The standard InChI is InChI=1S/C33H39F3N4O5.C28H31F3N4O3.C17H21N3O2.2CH4/c1-20-8-9-25(18-26(20)22-16-27(29(42)39(7)19-22)40-10-12-44-13-11-40)37-28(41)21-14-23(17-24(15-21)33(34,35)36)32(5,6)38-30(43)45-31(2,3)4;1-17-5-6-22(33-25(36)18-11-20(27(2,3)32)14-21(12-18)28(29,30)31)15-23(17)19-13-24(26(37)34(4)16-19)35-7-9-38-10-8-35;1-12-3-4-14(18)10-15(12)13-9-16(17(21)19(2)11-13)20-5-7-22-8-6-20;;/h8-9,14-19H,10-13H2,1-7H3,(H,37,41)(H,38,43);5-6,11-16H,7-10,32H2,1-4H3,(H,33,36);3-4,9-11H,5-8,18H2,1-2H3;2*1H4. The van der Waals surface area contributed by atoms with Gasteiger partial charge in [-0.05, 0) is 205 Å². The first-order valence-corrected chi connectivity index (χ1v) is 34.2. The number of halogens is 6. The monoisotopic (exact) mass is 1490 g/mol. The molecule has 3 aliphatic heterocycles. The number of ether oxygens (including phenoxy) is 4. The number of hydrogen-bond acceptors (Lipinski definition) is 15. The van der Waals surface area contributed by atoms with Crippen LogP contribution in [0.3, 0.4) is 0 Å². The Morgan fingerprint density at radius 3 is 1.10 bits per heavy atom. The van der Waals surface area contributed by atoms with Crippen LogP contribution in [0.1, 0.15) is 123 Å². The number of anilines is 6. The smallest absolute Gasteiger partial charge is 0.416 e. The van der Waals surface area contributed by atoms with Crippen LogP contribution < -0.4 is 58.8 Å². The molecular formula is C80H99F6N11O10. The summed E-state index contributed by atoms with van der Waals surface area (Å²) in [5, 5.41) is 8.03. The summed E-state index contributed by atoms with van der Waals surface area (Å²) in [6.45, 7) is 24.3. The van der Waals surface area contributed by atoms with E-state index in [0.29, 0.717) is 88.6 Å². The number of hydrogen-bond donors (Lipinski definition) is 5. The number of aryl methyl sites for hydroxylation is 6. The van der Waals surface area contributed by atoms with Gasteiger partial charge >= 0.3 is 18.4 Å². The number of nitrogens with two attached hydrogens (primary N) is 2. The van der Waals surface area contributed by atoms with Gasteiger partial charge in [-0.25, -0.2) is 4.79 Å². The molecule has 576 valence electrons. The Labute approximate surface area is 620 Å². The van der Waals surface area contributed by atoms with Crippen LogP contribution in [0.15, 0.2) is 142 Å². The first kappa shape index (κ1) is 84.0. The molecule has 21 nitrogen and oxygen atoms in total. The third kappa shape index (κ3) is 21.3. The van der Waals surface area contributed by atoms with Crippen molar-refractivity contribution in [3.8, 4) is 33.4 Å². The van der Waals surface area contributed by atoms with Gasteiger partial charge in [0.1, 0.15) is 22.7 Å². The zero-order valence-electron chi connectivity index (χ0n) is 61.3. The number of rotatable bonds is 13. The van der Waals surface area contributed by atoms with Gasteiger partial charge in [0.2, 0.25) is 0 Å². The molecule has 6 heterocycles. The van der Waals surface area contributed by atoms with Gasteiger partial charge in [0.05, 0.1) is 56.3 Å². The fourth-order valence-corrected chi connectivity index (χ4v) is 12.2. The second-order valence-corrected chi connectivity index (χ2v) is 28.5. The minimum atomic E-state index is -4.74. The number of carbonyl (C=O) groups is 3. The summed E-state index contributed by atoms with van der Waals surface area (Å²) in [6, 6.07) is 28.0. The maximum absolute atomic E-state index is 13.9. The molecule has 0 bridgehead atoms. The van der Waals surface area contributed by atoms with Crippen molar-refractivity contribution in [3.63, 3.8) is 0 Å². The van der Waals surface area contributed by atoms with Gasteiger partial charge in [0, 0.05) is 129 Å². The molecule has 0 aliphatic carbocycles. The van der Waals surface area contributed by atoms with Crippen molar-refractivity contribution in [2.24, 2.45) is 26.9 Å². The van der Waals surface area contributed by atoms with Crippen LogP contribution in [0.4, 0.5) is 65.3 Å². The molecular weight excluding hydrogens is 1390 g/mol. The Bertz CT molecular complexity index is 4690. The fourth-order valence-electron chi connectivity index (χ4n) is 12.2. The van der Waals surface area contributed by atoms with Gasteiger partial charge in [-0.2, -0.15) is 26.3 Å². The van der Waals surface area contributed by atoms with Crippen molar-refractivity contribution in [1.82, 2.24) is 19.0 Å². The van der Waals surface area contributed by atoms with Gasteiger partial charge in [-0.3, -0.25) is 24.0 Å². The van der Waals surface area contributed by atoms with E-state index < -0.39 is 58.1 Å². The van der Waals surface area contributed by atoms with Crippen LogP contribution in [0, 0.1) is 20.8 Å². The van der Waals surface area contributed by atoms with Crippen LogP contribution in [0.25, 0.3) is 33.4 Å². The predicted molar refractivity (Wildman–Crippen MR) is 411 cm³/mol. The average molecular weight is 1490 g/mol. The Morgan fingerprint density at radius 1 is 0.449 bits per heavy atom. The number of aromatic nitrogens is 3. The van der Waals surface area contributed by atoms with E-state index in [4.69, 9.17) is 30.4 Å². The first-order valence-electron chi connectivity index (χ1n) is 34.2. The van der Waals surface area contributed by atoms with Gasteiger partial charge in [-0.15, -0.1) is 0 Å². The molecule has 3 amide bonds. The number of morpholine rings is 3. The van der Waals surface area contributed by atoms with Crippen molar-refractivity contribution >= 4 is 52.0 Å². The SMILES string of the molecule is C.C.Cc1ccc(N)cc1-c1cc(N2CCOCC2)c(=O)n(C)c1.Cc1ccc(NC(=O)c2cc(C(C)(C)N)cc(C(F)(F)F)c2)cc1-c1cc(N2CCOCC2)c(=O)n(C)c1.Cc1ccc(NC(=O)c2cc(C(F)(F)F)cc(C(C)(C)NC(=O)OC(C)(C)C)c2)cc1-c1cc(N2CCOCC2)c(=O)n(C)c1. The largest absolute Gasteiger partial charge is 0.444 e. The lowest BCUT2D eigenvalue weighted by atomic mass is 9.90. The highest BCUT2D eigenvalue weighted by Gasteiger charge is 2.36. The Morgan fingerprint density at radius 2 is 0.766 bits per heavy atom. The van der Waals surface area contributed by atoms with E-state index in [-0.39, 0.29) is 53.8 Å². The first-order chi connectivity index (χ1) is 49.1. The van der Waals surface area contributed by atoms with Crippen molar-refractivity contribution in [2.75, 3.05) is 110 Å². The summed E-state index contributed by atoms with van der Waals surface area (Å²) in [7, 11) is 5.14. The molecule has 0 unspecified atom stereocenters. The topological polar surface area (TPSA) is 252 Å². The van der Waals surface area contributed by atoms with Crippen molar-refractivity contribution in [2.45, 2.75) is 113 Å². The number of nitrogens with zero attached hydrogens (tertiary/aromatic N) is 6. The predicted octanol–water partition coefficient (Wildman–Crippen LogP) is 13.9. The molecule has 3 aliphatic rings. The van der Waals surface area contributed by atoms with Crippen molar-refractivity contribution in [1.29, 1.82) is 0 Å². The number of nitrogens with one attached hydrogen (secondary N) is 3. The zero-order valence-corrected chi connectivity index (χ0v) is 61.3. The lowest BCUT2D eigenvalue weighted by Gasteiger charge is -2.30. The van der Waals surface area contributed by atoms with E-state index in [9.17, 15) is 55.1 Å². The third-order valence-electron chi connectivity index (χ3n) is 18.1. The second kappa shape index (κ2) is 34.1. The van der Waals surface area contributed by atoms with E-state index in [1.165, 1.54) is 35.1 Å². The second-order valence-electron chi connectivity index (χ2n) is 28.5. The molecule has 0 radical (unpaired) electrons. The van der Waals surface area contributed by atoms with Gasteiger partial charge in [-0.1, -0.05) is 33.1 Å². The Hall–Kier alpha value is -10.2. The quantitative estimate of drug-likeness (QED) is 0.0532. The van der Waals surface area contributed by atoms with Crippen LogP contribution >= 0.6 is 0 Å². The number of carbonyl (C=O) groups excluding carboxylic acids is 3. The van der Waals surface area contributed by atoms with E-state index in [1.54, 1.807) is 109 Å². The molecule has 7 N–H and O–H groups in total. The summed E-state index contributed by atoms with van der Waals surface area (Å²) < 4.78 is 109. The lowest BCUT2D eigenvalue weighted by molar-refractivity contribution is -0.138. The number of alkyl halides is 6. The molecule has 0 saturated carbocycles. The summed E-state index contributed by atoms with van der Waals surface area (Å²) in [5.41, 5.74) is 17.7. The molecule has 27 heteroatoms. The molecule has 8 aromatic rings. The maximum atomic E-state index is 13.9. The van der Waals surface area contributed by atoms with Gasteiger partial charge in [0.15, 0.2) is 0 Å². The number of benzene rings is 5. The molecule has 11 rings (SSSR count). The summed E-state index contributed by atoms with van der Waals surface area (Å²) in [6.07, 6.45) is -4.88. The summed E-state index contributed by atoms with van der Waals surface area (Å²) in [4.78, 5) is 83.2. The van der Waals surface area contributed by atoms with Crippen LogP contribution in [0.5, 0.6) is 0 Å². The zero-order chi connectivity index (χ0) is 76.8. The van der Waals surface area contributed by atoms with E-state index in [2.05, 4.69) is 20.9 Å². The Balaban J connectivity index is 0.000000233. The van der Waals surface area contributed by atoms with E-state index >= 15 is 0 Å².